The Morgan fingerprint density at radius 2 is 2.00 bits per heavy atom. The zero-order chi connectivity index (χ0) is 11.1. The predicted octanol–water partition coefficient (Wildman–Crippen LogP) is 0.241. The van der Waals surface area contributed by atoms with Crippen LogP contribution >= 0.6 is 0 Å². The molecule has 0 aliphatic carbocycles. The largest absolute Gasteiger partial charge is 0.480 e. The van der Waals surface area contributed by atoms with E-state index < -0.39 is 12.0 Å². The third-order valence-corrected chi connectivity index (χ3v) is 3.44. The molecular formula is C10H15NO4. The van der Waals surface area contributed by atoms with Crippen molar-refractivity contribution in [2.75, 3.05) is 13.2 Å². The Kier molecular flexibility index (Phi) is 2.42. The average Bonchev–Trinajstić information content (AvgIpc) is 2.14. The summed E-state index contributed by atoms with van der Waals surface area (Å²) in [5, 5.41) is 8.94. The normalized spacial score (nSPS) is 28.6. The van der Waals surface area contributed by atoms with E-state index in [1.165, 1.54) is 11.8 Å². The van der Waals surface area contributed by atoms with Crippen LogP contribution in [0.5, 0.6) is 0 Å². The first kappa shape index (κ1) is 10.4. The van der Waals surface area contributed by atoms with E-state index in [0.29, 0.717) is 19.6 Å². The Morgan fingerprint density at radius 1 is 1.40 bits per heavy atom. The van der Waals surface area contributed by atoms with E-state index >= 15 is 0 Å². The molecule has 2 fully saturated rings. The number of ether oxygens (including phenoxy) is 1. The van der Waals surface area contributed by atoms with Gasteiger partial charge in [-0.3, -0.25) is 4.79 Å². The Bertz CT molecular complexity index is 296. The second-order valence-electron chi connectivity index (χ2n) is 4.28. The molecule has 5 nitrogen and oxygen atoms in total. The number of carboxylic acids is 1. The number of hydrogen-bond donors (Lipinski definition) is 1. The lowest BCUT2D eigenvalue weighted by molar-refractivity contribution is -0.182. The van der Waals surface area contributed by atoms with E-state index in [9.17, 15) is 9.59 Å². The molecule has 1 spiro atoms. The summed E-state index contributed by atoms with van der Waals surface area (Å²) < 4.78 is 5.24. The predicted molar refractivity (Wildman–Crippen MR) is 51.3 cm³/mol. The van der Waals surface area contributed by atoms with E-state index in [-0.39, 0.29) is 11.4 Å². The second kappa shape index (κ2) is 3.48. The van der Waals surface area contributed by atoms with Gasteiger partial charge in [0.2, 0.25) is 5.91 Å². The van der Waals surface area contributed by atoms with Crippen molar-refractivity contribution in [2.24, 2.45) is 0 Å². The summed E-state index contributed by atoms with van der Waals surface area (Å²) in [5.74, 6) is -1.04. The summed E-state index contributed by atoms with van der Waals surface area (Å²) in [6.07, 6.45) is 2.10. The van der Waals surface area contributed by atoms with Crippen molar-refractivity contribution in [3.63, 3.8) is 0 Å². The first-order valence-corrected chi connectivity index (χ1v) is 5.17. The maximum Gasteiger partial charge on any atom is 0.326 e. The monoisotopic (exact) mass is 213 g/mol. The lowest BCUT2D eigenvalue weighted by atomic mass is 9.73. The highest BCUT2D eigenvalue weighted by Crippen LogP contribution is 2.43. The first-order valence-electron chi connectivity index (χ1n) is 5.17. The Labute approximate surface area is 88.0 Å². The fraction of sp³-hybridized carbons (Fsp3) is 0.800. The molecule has 0 aromatic rings. The zero-order valence-corrected chi connectivity index (χ0v) is 8.73. The van der Waals surface area contributed by atoms with Crippen LogP contribution < -0.4 is 0 Å². The van der Waals surface area contributed by atoms with Gasteiger partial charge < -0.3 is 14.7 Å². The van der Waals surface area contributed by atoms with Gasteiger partial charge in [-0.15, -0.1) is 0 Å². The van der Waals surface area contributed by atoms with Gasteiger partial charge in [0.05, 0.1) is 5.54 Å². The summed E-state index contributed by atoms with van der Waals surface area (Å²) in [7, 11) is 0. The molecule has 1 N–H and O–H groups in total. The van der Waals surface area contributed by atoms with Crippen molar-refractivity contribution in [1.29, 1.82) is 0 Å². The number of carboxylic acid groups (broad SMARTS) is 1. The lowest BCUT2D eigenvalue weighted by Crippen LogP contribution is -2.71. The summed E-state index contributed by atoms with van der Waals surface area (Å²) in [5.41, 5.74) is -0.229. The molecule has 2 saturated heterocycles. The number of rotatable bonds is 1. The molecule has 1 atom stereocenters. The van der Waals surface area contributed by atoms with Crippen molar-refractivity contribution in [1.82, 2.24) is 4.90 Å². The van der Waals surface area contributed by atoms with Crippen LogP contribution in [0.4, 0.5) is 0 Å². The van der Waals surface area contributed by atoms with Gasteiger partial charge in [-0.05, 0) is 12.8 Å². The summed E-state index contributed by atoms with van der Waals surface area (Å²) in [6, 6.07) is -0.624. The SMILES string of the molecule is CC(=O)N1C(C(=O)O)CC12CCOCC2. The molecule has 0 saturated carbocycles. The summed E-state index contributed by atoms with van der Waals surface area (Å²) in [6.45, 7) is 2.68. The van der Waals surface area contributed by atoms with Crippen LogP contribution in [0.3, 0.4) is 0 Å². The molecule has 84 valence electrons. The fourth-order valence-corrected chi connectivity index (χ4v) is 2.72. The van der Waals surface area contributed by atoms with Crippen LogP contribution in [0.1, 0.15) is 26.2 Å². The van der Waals surface area contributed by atoms with Gasteiger partial charge in [-0.2, -0.15) is 0 Å². The molecule has 2 rings (SSSR count). The molecule has 1 amide bonds. The van der Waals surface area contributed by atoms with Crippen LogP contribution in [0, 0.1) is 0 Å². The van der Waals surface area contributed by atoms with Gasteiger partial charge >= 0.3 is 5.97 Å². The second-order valence-corrected chi connectivity index (χ2v) is 4.28. The minimum atomic E-state index is -0.901. The van der Waals surface area contributed by atoms with Crippen molar-refractivity contribution >= 4 is 11.9 Å². The molecule has 2 aliphatic heterocycles. The number of hydrogen-bond acceptors (Lipinski definition) is 3. The smallest absolute Gasteiger partial charge is 0.326 e. The minimum Gasteiger partial charge on any atom is -0.480 e. The molecule has 1 unspecified atom stereocenters. The fourth-order valence-electron chi connectivity index (χ4n) is 2.72. The summed E-state index contributed by atoms with van der Waals surface area (Å²) >= 11 is 0. The van der Waals surface area contributed by atoms with Crippen molar-refractivity contribution in [3.05, 3.63) is 0 Å². The van der Waals surface area contributed by atoms with Crippen LogP contribution in [0.25, 0.3) is 0 Å². The van der Waals surface area contributed by atoms with E-state index in [0.717, 1.165) is 12.8 Å². The van der Waals surface area contributed by atoms with E-state index in [2.05, 4.69) is 0 Å². The van der Waals surface area contributed by atoms with Crippen molar-refractivity contribution < 1.29 is 19.4 Å². The average molecular weight is 213 g/mol. The van der Waals surface area contributed by atoms with Crippen LogP contribution in [-0.2, 0) is 14.3 Å². The van der Waals surface area contributed by atoms with Crippen molar-refractivity contribution in [2.45, 2.75) is 37.8 Å². The van der Waals surface area contributed by atoms with Gasteiger partial charge in [-0.1, -0.05) is 0 Å². The van der Waals surface area contributed by atoms with Gasteiger partial charge in [-0.25, -0.2) is 4.79 Å². The quantitative estimate of drug-likeness (QED) is 0.677. The molecule has 15 heavy (non-hydrogen) atoms. The van der Waals surface area contributed by atoms with E-state index in [4.69, 9.17) is 9.84 Å². The lowest BCUT2D eigenvalue weighted by Gasteiger charge is -2.58. The molecule has 2 aliphatic rings. The highest BCUT2D eigenvalue weighted by Gasteiger charge is 2.56. The van der Waals surface area contributed by atoms with E-state index in [1.807, 2.05) is 0 Å². The first-order chi connectivity index (χ1) is 7.07. The number of amides is 1. The number of aliphatic carboxylic acids is 1. The molecular weight excluding hydrogens is 198 g/mol. The highest BCUT2D eigenvalue weighted by molar-refractivity contribution is 5.85. The summed E-state index contributed by atoms with van der Waals surface area (Å²) in [4.78, 5) is 23.9. The van der Waals surface area contributed by atoms with Crippen LogP contribution in [0.2, 0.25) is 0 Å². The Morgan fingerprint density at radius 3 is 2.47 bits per heavy atom. The van der Waals surface area contributed by atoms with Crippen molar-refractivity contribution in [3.8, 4) is 0 Å². The maximum atomic E-state index is 11.4. The molecule has 2 heterocycles. The van der Waals surface area contributed by atoms with Gasteiger partial charge in [0.25, 0.3) is 0 Å². The number of carbonyl (C=O) groups excluding carboxylic acids is 1. The third kappa shape index (κ3) is 1.51. The minimum absolute atomic E-state index is 0.143. The highest BCUT2D eigenvalue weighted by atomic mass is 16.5. The zero-order valence-electron chi connectivity index (χ0n) is 8.73. The maximum absolute atomic E-state index is 11.4. The molecule has 0 bridgehead atoms. The van der Waals surface area contributed by atoms with Gasteiger partial charge in [0, 0.05) is 26.6 Å². The van der Waals surface area contributed by atoms with Crippen LogP contribution in [0.15, 0.2) is 0 Å². The molecule has 0 aromatic heterocycles. The van der Waals surface area contributed by atoms with E-state index in [1.54, 1.807) is 0 Å². The Hall–Kier alpha value is -1.10. The standard InChI is InChI=1S/C10H15NO4/c1-7(12)11-8(9(13)14)6-10(11)2-4-15-5-3-10/h8H,2-6H2,1H3,(H,13,14). The van der Waals surface area contributed by atoms with Crippen LogP contribution in [-0.4, -0.2) is 46.7 Å². The topological polar surface area (TPSA) is 66.8 Å². The number of likely N-dealkylation sites (tertiary alicyclic amines) is 1. The number of nitrogens with zero attached hydrogens (tertiary/aromatic N) is 1. The molecule has 0 aromatic carbocycles. The Balaban J connectivity index is 2.15. The molecule has 5 heteroatoms. The number of carbonyl (C=O) groups is 2. The third-order valence-electron chi connectivity index (χ3n) is 3.44. The van der Waals surface area contributed by atoms with Gasteiger partial charge in [0.1, 0.15) is 6.04 Å². The molecule has 0 radical (unpaired) electrons. The van der Waals surface area contributed by atoms with Gasteiger partial charge in [0.15, 0.2) is 0 Å².